The Hall–Kier alpha value is -2.94. The Bertz CT molecular complexity index is 714. The maximum Gasteiger partial charge on any atom is 0.269 e. The zero-order valence-corrected chi connectivity index (χ0v) is 9.91. The van der Waals surface area contributed by atoms with Crippen LogP contribution in [0.25, 0.3) is 11.4 Å². The van der Waals surface area contributed by atoms with Crippen LogP contribution in [0, 0.1) is 11.3 Å². The van der Waals surface area contributed by atoms with E-state index in [0.29, 0.717) is 11.4 Å². The van der Waals surface area contributed by atoms with Gasteiger partial charge in [-0.05, 0) is 24.3 Å². The van der Waals surface area contributed by atoms with Crippen molar-refractivity contribution in [3.8, 4) is 17.5 Å². The van der Waals surface area contributed by atoms with Gasteiger partial charge in [0.05, 0.1) is 11.4 Å². The van der Waals surface area contributed by atoms with E-state index in [9.17, 15) is 9.59 Å². The molecule has 94 valence electrons. The van der Waals surface area contributed by atoms with Crippen molar-refractivity contribution in [2.45, 2.75) is 6.54 Å². The molecule has 0 spiro atoms. The molecule has 0 saturated heterocycles. The second-order valence-electron chi connectivity index (χ2n) is 3.82. The van der Waals surface area contributed by atoms with E-state index in [1.807, 2.05) is 0 Å². The van der Waals surface area contributed by atoms with E-state index in [0.717, 1.165) is 4.57 Å². The lowest BCUT2D eigenvalue weighted by atomic mass is 10.2. The molecule has 0 aliphatic heterocycles. The molecule has 0 aliphatic rings. The zero-order valence-electron chi connectivity index (χ0n) is 9.91. The molecule has 0 fully saturated rings. The van der Waals surface area contributed by atoms with Crippen molar-refractivity contribution >= 4 is 5.91 Å². The topological polar surface area (TPSA) is 102 Å². The monoisotopic (exact) mass is 254 g/mol. The Balaban J connectivity index is 2.68. The highest BCUT2D eigenvalue weighted by Crippen LogP contribution is 2.14. The van der Waals surface area contributed by atoms with Crippen LogP contribution < -0.4 is 11.3 Å². The average Bonchev–Trinajstić information content (AvgIpc) is 2.41. The molecule has 6 heteroatoms. The summed E-state index contributed by atoms with van der Waals surface area (Å²) in [5, 5.41) is 8.84. The Morgan fingerprint density at radius 3 is 2.74 bits per heavy atom. The molecule has 2 aromatic heterocycles. The molecule has 2 rings (SSSR count). The molecular weight excluding hydrogens is 244 g/mol. The summed E-state index contributed by atoms with van der Waals surface area (Å²) in [4.78, 5) is 27.2. The first-order valence-electron chi connectivity index (χ1n) is 5.47. The van der Waals surface area contributed by atoms with Crippen LogP contribution in [0.5, 0.6) is 0 Å². The van der Waals surface area contributed by atoms with Gasteiger partial charge < -0.3 is 5.73 Å². The fourth-order valence-electron chi connectivity index (χ4n) is 1.71. The summed E-state index contributed by atoms with van der Waals surface area (Å²) < 4.78 is 1.16. The first kappa shape index (κ1) is 12.5. The predicted octanol–water partition coefficient (Wildman–Crippen LogP) is 0.267. The highest BCUT2D eigenvalue weighted by Gasteiger charge is 2.12. The van der Waals surface area contributed by atoms with Crippen molar-refractivity contribution in [1.82, 2.24) is 9.55 Å². The molecule has 0 unspecified atom stereocenters. The van der Waals surface area contributed by atoms with Gasteiger partial charge >= 0.3 is 0 Å². The van der Waals surface area contributed by atoms with Crippen molar-refractivity contribution in [2.75, 3.05) is 0 Å². The lowest BCUT2D eigenvalue weighted by Crippen LogP contribution is -2.30. The minimum Gasteiger partial charge on any atom is -0.368 e. The molecule has 0 saturated carbocycles. The van der Waals surface area contributed by atoms with E-state index in [1.54, 1.807) is 36.5 Å². The molecule has 1 amide bonds. The minimum absolute atomic E-state index is 0.0408. The molecular formula is C13H10N4O2. The number of carbonyl (C=O) groups excluding carboxylic acids is 1. The van der Waals surface area contributed by atoms with Gasteiger partial charge in [0, 0.05) is 6.20 Å². The number of carbonyl (C=O) groups is 1. The second-order valence-corrected chi connectivity index (χ2v) is 3.82. The summed E-state index contributed by atoms with van der Waals surface area (Å²) in [5.74, 6) is -0.658. The third-order valence-corrected chi connectivity index (χ3v) is 2.54. The summed E-state index contributed by atoms with van der Waals surface area (Å²) >= 11 is 0. The number of nitriles is 1. The number of nitrogens with zero attached hydrogens (tertiary/aromatic N) is 3. The van der Waals surface area contributed by atoms with E-state index >= 15 is 0 Å². The third kappa shape index (κ3) is 2.50. The average molecular weight is 254 g/mol. The third-order valence-electron chi connectivity index (χ3n) is 2.54. The first-order valence-corrected chi connectivity index (χ1v) is 5.47. The summed E-state index contributed by atoms with van der Waals surface area (Å²) in [6, 6.07) is 9.97. The molecule has 0 atom stereocenters. The van der Waals surface area contributed by atoms with Crippen molar-refractivity contribution < 1.29 is 4.79 Å². The molecule has 6 nitrogen and oxygen atoms in total. The highest BCUT2D eigenvalue weighted by atomic mass is 16.2. The normalized spacial score (nSPS) is 9.84. The molecule has 0 aromatic carbocycles. The lowest BCUT2D eigenvalue weighted by molar-refractivity contribution is -0.118. The van der Waals surface area contributed by atoms with Crippen molar-refractivity contribution in [3.05, 3.63) is 52.4 Å². The smallest absolute Gasteiger partial charge is 0.269 e. The summed E-state index contributed by atoms with van der Waals surface area (Å²) in [6.07, 6.45) is 1.58. The largest absolute Gasteiger partial charge is 0.368 e. The molecule has 2 aromatic rings. The summed E-state index contributed by atoms with van der Waals surface area (Å²) in [5.41, 5.74) is 5.52. The number of aromatic nitrogens is 2. The van der Waals surface area contributed by atoms with Gasteiger partial charge in [-0.15, -0.1) is 0 Å². The maximum absolute atomic E-state index is 12.0. The minimum atomic E-state index is -0.658. The van der Waals surface area contributed by atoms with Crippen LogP contribution in [0.1, 0.15) is 5.56 Å². The SMILES string of the molecule is N#Cc1ccc(-c2ccccn2)n(CC(N)=O)c1=O. The van der Waals surface area contributed by atoms with Crippen molar-refractivity contribution in [1.29, 1.82) is 5.26 Å². The first-order chi connectivity index (χ1) is 9.13. The summed E-state index contributed by atoms with van der Waals surface area (Å²) in [7, 11) is 0. The zero-order chi connectivity index (χ0) is 13.8. The summed E-state index contributed by atoms with van der Waals surface area (Å²) in [6.45, 7) is -0.291. The van der Waals surface area contributed by atoms with Gasteiger partial charge in [0.2, 0.25) is 5.91 Å². The van der Waals surface area contributed by atoms with E-state index in [2.05, 4.69) is 4.98 Å². The van der Waals surface area contributed by atoms with Gasteiger partial charge in [-0.1, -0.05) is 6.07 Å². The van der Waals surface area contributed by atoms with E-state index in [4.69, 9.17) is 11.0 Å². The number of hydrogen-bond acceptors (Lipinski definition) is 4. The van der Waals surface area contributed by atoms with Gasteiger partial charge in [-0.2, -0.15) is 5.26 Å². The molecule has 2 N–H and O–H groups in total. The predicted molar refractivity (Wildman–Crippen MR) is 67.8 cm³/mol. The van der Waals surface area contributed by atoms with Crippen LogP contribution in [-0.4, -0.2) is 15.5 Å². The van der Waals surface area contributed by atoms with Crippen LogP contribution in [0.3, 0.4) is 0 Å². The Labute approximate surface area is 108 Å². The van der Waals surface area contributed by atoms with Crippen LogP contribution >= 0.6 is 0 Å². The quantitative estimate of drug-likeness (QED) is 0.849. The van der Waals surface area contributed by atoms with Crippen LogP contribution in [-0.2, 0) is 11.3 Å². The molecule has 0 bridgehead atoms. The Morgan fingerprint density at radius 2 is 2.16 bits per heavy atom. The number of primary amides is 1. The Morgan fingerprint density at radius 1 is 1.37 bits per heavy atom. The lowest BCUT2D eigenvalue weighted by Gasteiger charge is -2.10. The van der Waals surface area contributed by atoms with Gasteiger partial charge in [0.1, 0.15) is 18.2 Å². The van der Waals surface area contributed by atoms with Gasteiger partial charge in [0.25, 0.3) is 5.56 Å². The van der Waals surface area contributed by atoms with Gasteiger partial charge in [-0.3, -0.25) is 19.1 Å². The molecule has 19 heavy (non-hydrogen) atoms. The number of amides is 1. The fourth-order valence-corrected chi connectivity index (χ4v) is 1.71. The van der Waals surface area contributed by atoms with Crippen LogP contribution in [0.2, 0.25) is 0 Å². The number of rotatable bonds is 3. The second kappa shape index (κ2) is 5.14. The van der Waals surface area contributed by atoms with Crippen LogP contribution in [0.4, 0.5) is 0 Å². The van der Waals surface area contributed by atoms with Crippen molar-refractivity contribution in [3.63, 3.8) is 0 Å². The maximum atomic E-state index is 12.0. The van der Waals surface area contributed by atoms with Crippen LogP contribution in [0.15, 0.2) is 41.3 Å². The Kier molecular flexibility index (Phi) is 3.39. The molecule has 0 radical (unpaired) electrons. The molecule has 2 heterocycles. The van der Waals surface area contributed by atoms with Gasteiger partial charge in [-0.25, -0.2) is 0 Å². The highest BCUT2D eigenvalue weighted by molar-refractivity contribution is 5.74. The number of hydrogen-bond donors (Lipinski definition) is 1. The fraction of sp³-hybridized carbons (Fsp3) is 0.0769. The number of pyridine rings is 2. The van der Waals surface area contributed by atoms with Gasteiger partial charge in [0.15, 0.2) is 0 Å². The van der Waals surface area contributed by atoms with E-state index < -0.39 is 11.5 Å². The van der Waals surface area contributed by atoms with E-state index in [-0.39, 0.29) is 12.1 Å². The van der Waals surface area contributed by atoms with E-state index in [1.165, 1.54) is 6.07 Å². The molecule has 0 aliphatic carbocycles. The standard InChI is InChI=1S/C13H10N4O2/c14-7-9-4-5-11(10-3-1-2-6-16-10)17(13(9)19)8-12(15)18/h1-6H,8H2,(H2,15,18). The van der Waals surface area contributed by atoms with Crippen molar-refractivity contribution in [2.24, 2.45) is 5.73 Å². The number of nitrogens with two attached hydrogens (primary N) is 1.